The molecule has 1 aliphatic rings. The van der Waals surface area contributed by atoms with E-state index in [0.29, 0.717) is 17.5 Å². The molecular weight excluding hydrogens is 353 g/mol. The molecule has 4 heterocycles. The van der Waals surface area contributed by atoms with Gasteiger partial charge in [0.05, 0.1) is 25.5 Å². The minimum Gasteiger partial charge on any atom is -0.470 e. The van der Waals surface area contributed by atoms with Crippen molar-refractivity contribution in [2.24, 2.45) is 5.41 Å². The Kier molecular flexibility index (Phi) is 4.50. The average molecular weight is 375 g/mol. The molecule has 0 saturated carbocycles. The van der Waals surface area contributed by atoms with Crippen LogP contribution >= 0.6 is 9.24 Å². The van der Waals surface area contributed by atoms with E-state index in [2.05, 4.69) is 46.7 Å². The monoisotopic (exact) mass is 375 g/mol. The van der Waals surface area contributed by atoms with Gasteiger partial charge in [-0.05, 0) is 13.3 Å². The summed E-state index contributed by atoms with van der Waals surface area (Å²) in [5.74, 6) is 1.79. The van der Waals surface area contributed by atoms with Crippen molar-refractivity contribution in [2.45, 2.75) is 32.7 Å². The van der Waals surface area contributed by atoms with Crippen LogP contribution in [0.5, 0.6) is 5.88 Å². The summed E-state index contributed by atoms with van der Waals surface area (Å²) in [5, 5.41) is 14.6. The molecule has 3 atom stereocenters. The summed E-state index contributed by atoms with van der Waals surface area (Å²) >= 11 is 0. The zero-order valence-corrected chi connectivity index (χ0v) is 15.9. The van der Waals surface area contributed by atoms with Gasteiger partial charge in [-0.15, -0.1) is 5.10 Å². The topological polar surface area (TPSA) is 103 Å². The maximum Gasteiger partial charge on any atom is 0.235 e. The molecule has 2 unspecified atom stereocenters. The van der Waals surface area contributed by atoms with Crippen LogP contribution in [-0.2, 0) is 11.3 Å². The second-order valence-electron chi connectivity index (χ2n) is 6.95. The van der Waals surface area contributed by atoms with E-state index in [0.717, 1.165) is 37.3 Å². The Morgan fingerprint density at radius 1 is 1.50 bits per heavy atom. The highest BCUT2D eigenvalue weighted by atomic mass is 31.0. The van der Waals surface area contributed by atoms with Gasteiger partial charge in [0.25, 0.3) is 0 Å². The highest BCUT2D eigenvalue weighted by Gasteiger charge is 2.31. The normalized spacial score (nSPS) is 21.2. The van der Waals surface area contributed by atoms with Gasteiger partial charge in [-0.25, -0.2) is 14.6 Å². The number of nitrogens with zero attached hydrogens (tertiary/aromatic N) is 5. The van der Waals surface area contributed by atoms with Crippen LogP contribution in [0.25, 0.3) is 11.2 Å². The van der Waals surface area contributed by atoms with E-state index in [4.69, 9.17) is 9.47 Å². The SMILES string of the molecule is CC(P)Oc1cc(Nc2cnc3cnn(C[C@@]4(C)CCOC4)c3n2)[nH]n1. The van der Waals surface area contributed by atoms with Crippen molar-refractivity contribution in [3.63, 3.8) is 0 Å². The lowest BCUT2D eigenvalue weighted by atomic mass is 9.90. The number of hydrogen-bond donors (Lipinski definition) is 2. The van der Waals surface area contributed by atoms with Gasteiger partial charge >= 0.3 is 0 Å². The molecule has 3 aromatic heterocycles. The molecule has 3 aromatic rings. The van der Waals surface area contributed by atoms with Gasteiger partial charge in [-0.1, -0.05) is 16.2 Å². The maximum absolute atomic E-state index is 5.54. The van der Waals surface area contributed by atoms with Crippen molar-refractivity contribution < 1.29 is 9.47 Å². The smallest absolute Gasteiger partial charge is 0.235 e. The Morgan fingerprint density at radius 3 is 3.15 bits per heavy atom. The van der Waals surface area contributed by atoms with E-state index in [1.165, 1.54) is 0 Å². The minimum atomic E-state index is -0.0161. The largest absolute Gasteiger partial charge is 0.470 e. The fourth-order valence-corrected chi connectivity index (χ4v) is 3.12. The third-order valence-electron chi connectivity index (χ3n) is 4.30. The fourth-order valence-electron chi connectivity index (χ4n) is 2.98. The van der Waals surface area contributed by atoms with Gasteiger partial charge in [-0.2, -0.15) is 5.10 Å². The molecule has 1 fully saturated rings. The fraction of sp³-hybridized carbons (Fsp3) is 0.500. The second kappa shape index (κ2) is 6.81. The third kappa shape index (κ3) is 3.64. The molecule has 4 rings (SSSR count). The second-order valence-corrected chi connectivity index (χ2v) is 7.89. The van der Waals surface area contributed by atoms with Crippen molar-refractivity contribution in [1.82, 2.24) is 29.9 Å². The molecule has 0 aromatic carbocycles. The minimum absolute atomic E-state index is 0.0161. The van der Waals surface area contributed by atoms with Crippen molar-refractivity contribution >= 4 is 32.0 Å². The zero-order valence-electron chi connectivity index (χ0n) is 14.8. The molecule has 10 heteroatoms. The number of rotatable bonds is 6. The van der Waals surface area contributed by atoms with Crippen LogP contribution in [0.1, 0.15) is 20.3 Å². The molecule has 26 heavy (non-hydrogen) atoms. The molecule has 0 bridgehead atoms. The number of aromatic nitrogens is 6. The number of aromatic amines is 1. The van der Waals surface area contributed by atoms with Crippen LogP contribution in [0, 0.1) is 5.41 Å². The molecular formula is C16H22N7O2P. The number of hydrogen-bond acceptors (Lipinski definition) is 7. The molecule has 138 valence electrons. The summed E-state index contributed by atoms with van der Waals surface area (Å²) in [6, 6.07) is 1.78. The number of nitrogens with one attached hydrogen (secondary N) is 2. The predicted molar refractivity (Wildman–Crippen MR) is 101 cm³/mol. The summed E-state index contributed by atoms with van der Waals surface area (Å²) in [4.78, 5) is 9.11. The number of H-pyrrole nitrogens is 1. The Hall–Kier alpha value is -2.25. The number of anilines is 2. The molecule has 0 spiro atoms. The van der Waals surface area contributed by atoms with Gasteiger partial charge in [0.15, 0.2) is 11.5 Å². The average Bonchev–Trinajstić information content (AvgIpc) is 3.30. The summed E-state index contributed by atoms with van der Waals surface area (Å²) in [6.45, 7) is 6.42. The van der Waals surface area contributed by atoms with Gasteiger partial charge in [0.1, 0.15) is 17.2 Å². The number of fused-ring (bicyclic) bond motifs is 1. The highest BCUT2D eigenvalue weighted by Crippen LogP contribution is 2.30. The molecule has 9 nitrogen and oxygen atoms in total. The van der Waals surface area contributed by atoms with E-state index in [9.17, 15) is 0 Å². The van der Waals surface area contributed by atoms with Crippen LogP contribution in [-0.4, -0.2) is 49.0 Å². The van der Waals surface area contributed by atoms with Gasteiger partial charge in [-0.3, -0.25) is 5.10 Å². The lowest BCUT2D eigenvalue weighted by molar-refractivity contribution is 0.148. The van der Waals surface area contributed by atoms with Crippen LogP contribution in [0.15, 0.2) is 18.5 Å². The van der Waals surface area contributed by atoms with Crippen LogP contribution in [0.4, 0.5) is 11.6 Å². The first-order valence-corrected chi connectivity index (χ1v) is 9.18. The number of ether oxygens (including phenoxy) is 2. The van der Waals surface area contributed by atoms with E-state index >= 15 is 0 Å². The van der Waals surface area contributed by atoms with Crippen molar-refractivity contribution in [1.29, 1.82) is 0 Å². The first-order valence-electron chi connectivity index (χ1n) is 8.52. The summed E-state index contributed by atoms with van der Waals surface area (Å²) in [5.41, 5.74) is 1.59. The lowest BCUT2D eigenvalue weighted by Crippen LogP contribution is -2.24. The van der Waals surface area contributed by atoms with E-state index in [1.807, 2.05) is 11.6 Å². The van der Waals surface area contributed by atoms with Gasteiger partial charge in [0.2, 0.25) is 5.88 Å². The third-order valence-corrected chi connectivity index (χ3v) is 4.44. The predicted octanol–water partition coefficient (Wildman–Crippen LogP) is 2.32. The van der Waals surface area contributed by atoms with E-state index in [-0.39, 0.29) is 11.3 Å². The van der Waals surface area contributed by atoms with Crippen LogP contribution < -0.4 is 10.1 Å². The Balaban J connectivity index is 1.55. The van der Waals surface area contributed by atoms with Crippen molar-refractivity contribution in [3.05, 3.63) is 18.5 Å². The van der Waals surface area contributed by atoms with Crippen LogP contribution in [0.3, 0.4) is 0 Å². The van der Waals surface area contributed by atoms with Crippen molar-refractivity contribution in [3.8, 4) is 5.88 Å². The highest BCUT2D eigenvalue weighted by molar-refractivity contribution is 7.17. The summed E-state index contributed by atoms with van der Waals surface area (Å²) in [6.07, 6.45) is 4.44. The maximum atomic E-state index is 5.54. The van der Waals surface area contributed by atoms with E-state index < -0.39 is 0 Å². The van der Waals surface area contributed by atoms with Gasteiger partial charge < -0.3 is 14.8 Å². The Labute approximate surface area is 153 Å². The van der Waals surface area contributed by atoms with Crippen LogP contribution in [0.2, 0.25) is 0 Å². The quantitative estimate of drug-likeness (QED) is 0.637. The molecule has 0 radical (unpaired) electrons. The summed E-state index contributed by atoms with van der Waals surface area (Å²) < 4.78 is 13.0. The molecule has 1 saturated heterocycles. The first kappa shape index (κ1) is 17.2. The zero-order chi connectivity index (χ0) is 18.1. The molecule has 1 aliphatic heterocycles. The molecule has 0 aliphatic carbocycles. The molecule has 0 amide bonds. The van der Waals surface area contributed by atoms with Crippen molar-refractivity contribution in [2.75, 3.05) is 18.5 Å². The standard InChI is InChI=1S/C16H22N7O2P/c1-10(26)25-14-5-12(21-22-14)19-13-7-17-11-6-18-23(15(11)20-13)8-16(2)3-4-24-9-16/h5-7,10H,3-4,8-9,26H2,1-2H3,(H2,19,20,21,22)/t10?,16-/m1/s1. The van der Waals surface area contributed by atoms with E-state index in [1.54, 1.807) is 18.5 Å². The summed E-state index contributed by atoms with van der Waals surface area (Å²) in [7, 11) is 2.56. The molecule has 2 N–H and O–H groups in total. The first-order chi connectivity index (χ1) is 12.5. The Morgan fingerprint density at radius 2 is 2.38 bits per heavy atom. The van der Waals surface area contributed by atoms with Gasteiger partial charge in [0, 0.05) is 18.1 Å². The Bertz CT molecular complexity index is 901. The lowest BCUT2D eigenvalue weighted by Gasteiger charge is -2.21.